The van der Waals surface area contributed by atoms with Crippen LogP contribution in [0, 0.1) is 0 Å². The summed E-state index contributed by atoms with van der Waals surface area (Å²) >= 11 is 12.4. The van der Waals surface area contributed by atoms with Crippen LogP contribution < -0.4 is 10.1 Å². The van der Waals surface area contributed by atoms with E-state index in [1.54, 1.807) is 36.1 Å². The lowest BCUT2D eigenvalue weighted by atomic mass is 10.1. The summed E-state index contributed by atoms with van der Waals surface area (Å²) in [5, 5.41) is 8.65. The number of amides is 1. The highest BCUT2D eigenvalue weighted by atomic mass is 35.5. The first-order valence-electron chi connectivity index (χ1n) is 11.0. The molecule has 1 heterocycles. The number of benzene rings is 3. The van der Waals surface area contributed by atoms with Gasteiger partial charge in [-0.3, -0.25) is 4.79 Å². The van der Waals surface area contributed by atoms with Gasteiger partial charge in [-0.05, 0) is 61.7 Å². The molecule has 1 aromatic heterocycles. The minimum absolute atomic E-state index is 0.0230. The van der Waals surface area contributed by atoms with Crippen molar-refractivity contribution in [1.82, 2.24) is 15.1 Å². The summed E-state index contributed by atoms with van der Waals surface area (Å²) in [6.07, 6.45) is 1.70. The molecule has 1 atom stereocenters. The molecule has 0 saturated carbocycles. The van der Waals surface area contributed by atoms with E-state index in [1.165, 1.54) is 5.56 Å². The number of ether oxygens (including phenoxy) is 1. The topological polar surface area (TPSA) is 56.1 Å². The molecule has 34 heavy (non-hydrogen) atoms. The van der Waals surface area contributed by atoms with E-state index < -0.39 is 0 Å². The Morgan fingerprint density at radius 2 is 1.79 bits per heavy atom. The molecule has 174 valence electrons. The highest BCUT2D eigenvalue weighted by Gasteiger charge is 2.20. The van der Waals surface area contributed by atoms with Crippen LogP contribution in [-0.4, -0.2) is 28.8 Å². The molecule has 0 spiro atoms. The van der Waals surface area contributed by atoms with Crippen LogP contribution in [0.4, 0.5) is 0 Å². The maximum Gasteiger partial charge on any atom is 0.270 e. The standard InChI is InChI=1S/C27H25Cl2N3O2/c1-18(11-12-19-7-4-3-5-8-19)30-27(33)26-17-25(20-9-6-10-22(15-20)34-2)31-32(26)21-13-14-23(28)24(29)16-21/h3-10,13-18H,11-12H2,1-2H3,(H,30,33). The second kappa shape index (κ2) is 10.8. The van der Waals surface area contributed by atoms with Gasteiger partial charge in [0.1, 0.15) is 11.4 Å². The molecular formula is C27H25Cl2N3O2. The summed E-state index contributed by atoms with van der Waals surface area (Å²) in [7, 11) is 1.61. The summed E-state index contributed by atoms with van der Waals surface area (Å²) in [4.78, 5) is 13.3. The Hall–Kier alpha value is -3.28. The van der Waals surface area contributed by atoms with Crippen LogP contribution in [-0.2, 0) is 6.42 Å². The van der Waals surface area contributed by atoms with Gasteiger partial charge in [0.25, 0.3) is 5.91 Å². The molecule has 0 aliphatic heterocycles. The van der Waals surface area contributed by atoms with Crippen LogP contribution in [0.5, 0.6) is 5.75 Å². The molecule has 3 aromatic carbocycles. The van der Waals surface area contributed by atoms with Gasteiger partial charge in [0.05, 0.1) is 28.5 Å². The fourth-order valence-corrected chi connectivity index (χ4v) is 3.97. The Kier molecular flexibility index (Phi) is 7.56. The van der Waals surface area contributed by atoms with Crippen LogP contribution in [0.15, 0.2) is 78.9 Å². The molecule has 4 aromatic rings. The van der Waals surface area contributed by atoms with Crippen molar-refractivity contribution in [2.24, 2.45) is 0 Å². The molecule has 0 radical (unpaired) electrons. The monoisotopic (exact) mass is 493 g/mol. The number of nitrogens with one attached hydrogen (secondary N) is 1. The van der Waals surface area contributed by atoms with Crippen LogP contribution in [0.25, 0.3) is 16.9 Å². The summed E-state index contributed by atoms with van der Waals surface area (Å²) in [6.45, 7) is 2.00. The number of rotatable bonds is 8. The van der Waals surface area contributed by atoms with Gasteiger partial charge in [0.15, 0.2) is 0 Å². The van der Waals surface area contributed by atoms with Crippen LogP contribution >= 0.6 is 23.2 Å². The number of hydrogen-bond donors (Lipinski definition) is 1. The van der Waals surface area contributed by atoms with Crippen molar-refractivity contribution in [1.29, 1.82) is 0 Å². The lowest BCUT2D eigenvalue weighted by Gasteiger charge is -2.15. The van der Waals surface area contributed by atoms with E-state index in [-0.39, 0.29) is 11.9 Å². The lowest BCUT2D eigenvalue weighted by Crippen LogP contribution is -2.34. The zero-order valence-corrected chi connectivity index (χ0v) is 20.5. The fourth-order valence-electron chi connectivity index (χ4n) is 3.68. The van der Waals surface area contributed by atoms with E-state index in [4.69, 9.17) is 33.0 Å². The number of nitrogens with zero attached hydrogens (tertiary/aromatic N) is 2. The predicted octanol–water partition coefficient (Wildman–Crippen LogP) is 6.61. The molecule has 0 bridgehead atoms. The first-order valence-corrected chi connectivity index (χ1v) is 11.7. The van der Waals surface area contributed by atoms with Gasteiger partial charge in [-0.1, -0.05) is 65.7 Å². The normalized spacial score (nSPS) is 11.8. The molecule has 4 rings (SSSR count). The van der Waals surface area contributed by atoms with Crippen molar-refractivity contribution in [3.05, 3.63) is 100 Å². The minimum Gasteiger partial charge on any atom is -0.497 e. The molecular weight excluding hydrogens is 469 g/mol. The number of carbonyl (C=O) groups is 1. The Morgan fingerprint density at radius 1 is 1.00 bits per heavy atom. The average molecular weight is 494 g/mol. The van der Waals surface area contributed by atoms with Crippen LogP contribution in [0.1, 0.15) is 29.4 Å². The van der Waals surface area contributed by atoms with Crippen molar-refractivity contribution in [3.8, 4) is 22.7 Å². The van der Waals surface area contributed by atoms with Gasteiger partial charge >= 0.3 is 0 Å². The highest BCUT2D eigenvalue weighted by molar-refractivity contribution is 6.42. The molecule has 1 N–H and O–H groups in total. The third-order valence-electron chi connectivity index (χ3n) is 5.54. The maximum absolute atomic E-state index is 13.3. The minimum atomic E-state index is -0.215. The second-order valence-corrected chi connectivity index (χ2v) is 8.87. The third kappa shape index (κ3) is 5.61. The Bertz CT molecular complexity index is 1290. The van der Waals surface area contributed by atoms with Crippen molar-refractivity contribution in [3.63, 3.8) is 0 Å². The van der Waals surface area contributed by atoms with Gasteiger partial charge in [-0.2, -0.15) is 5.10 Å². The van der Waals surface area contributed by atoms with Crippen LogP contribution in [0.2, 0.25) is 10.0 Å². The zero-order valence-electron chi connectivity index (χ0n) is 19.0. The van der Waals surface area contributed by atoms with Gasteiger partial charge in [-0.15, -0.1) is 0 Å². The summed E-state index contributed by atoms with van der Waals surface area (Å²) in [5.74, 6) is 0.496. The van der Waals surface area contributed by atoms with Crippen molar-refractivity contribution in [2.45, 2.75) is 25.8 Å². The maximum atomic E-state index is 13.3. The highest BCUT2D eigenvalue weighted by Crippen LogP contribution is 2.28. The lowest BCUT2D eigenvalue weighted by molar-refractivity contribution is 0.0930. The first-order chi connectivity index (χ1) is 16.4. The van der Waals surface area contributed by atoms with E-state index in [1.807, 2.05) is 49.4 Å². The van der Waals surface area contributed by atoms with Gasteiger partial charge in [0.2, 0.25) is 0 Å². The average Bonchev–Trinajstić information content (AvgIpc) is 3.31. The number of halogens is 2. The summed E-state index contributed by atoms with van der Waals surface area (Å²) in [6, 6.07) is 24.7. The van der Waals surface area contributed by atoms with Gasteiger partial charge < -0.3 is 10.1 Å². The van der Waals surface area contributed by atoms with E-state index in [9.17, 15) is 4.79 Å². The smallest absolute Gasteiger partial charge is 0.270 e. The molecule has 0 fully saturated rings. The molecule has 0 saturated heterocycles. The van der Waals surface area contributed by atoms with E-state index >= 15 is 0 Å². The second-order valence-electron chi connectivity index (χ2n) is 8.06. The van der Waals surface area contributed by atoms with Crippen molar-refractivity contribution in [2.75, 3.05) is 7.11 Å². The van der Waals surface area contributed by atoms with E-state index in [2.05, 4.69) is 17.4 Å². The van der Waals surface area contributed by atoms with E-state index in [0.717, 1.165) is 18.4 Å². The largest absolute Gasteiger partial charge is 0.497 e. The van der Waals surface area contributed by atoms with Crippen molar-refractivity contribution >= 4 is 29.1 Å². The number of hydrogen-bond acceptors (Lipinski definition) is 3. The van der Waals surface area contributed by atoms with Gasteiger partial charge in [-0.25, -0.2) is 4.68 Å². The molecule has 1 amide bonds. The summed E-state index contributed by atoms with van der Waals surface area (Å²) < 4.78 is 6.94. The predicted molar refractivity (Wildman–Crippen MR) is 137 cm³/mol. The number of methoxy groups -OCH3 is 1. The van der Waals surface area contributed by atoms with Crippen molar-refractivity contribution < 1.29 is 9.53 Å². The van der Waals surface area contributed by atoms with E-state index in [0.29, 0.717) is 32.9 Å². The molecule has 0 aliphatic rings. The fraction of sp³-hybridized carbons (Fsp3) is 0.185. The van der Waals surface area contributed by atoms with Crippen LogP contribution in [0.3, 0.4) is 0 Å². The number of aryl methyl sites for hydroxylation is 1. The quantitative estimate of drug-likeness (QED) is 0.300. The van der Waals surface area contributed by atoms with Gasteiger partial charge in [0, 0.05) is 11.6 Å². The zero-order chi connectivity index (χ0) is 24.1. The first kappa shape index (κ1) is 23.9. The summed E-state index contributed by atoms with van der Waals surface area (Å²) in [5.41, 5.74) is 3.77. The number of carbonyl (C=O) groups excluding carboxylic acids is 1. The third-order valence-corrected chi connectivity index (χ3v) is 6.28. The SMILES string of the molecule is COc1cccc(-c2cc(C(=O)NC(C)CCc3ccccc3)n(-c3ccc(Cl)c(Cl)c3)n2)c1. The molecule has 1 unspecified atom stereocenters. The molecule has 5 nitrogen and oxygen atoms in total. The molecule has 7 heteroatoms. The number of aromatic nitrogens is 2. The Balaban J connectivity index is 1.63. The Morgan fingerprint density at radius 3 is 2.53 bits per heavy atom. The molecule has 0 aliphatic carbocycles. The Labute approximate surface area is 209 Å².